The molecule has 0 aliphatic heterocycles. The van der Waals surface area contributed by atoms with Crippen LogP contribution in [0, 0.1) is 5.41 Å². The lowest BCUT2D eigenvalue weighted by Gasteiger charge is -2.53. The number of nitrogens with zero attached hydrogens (tertiary/aromatic N) is 1. The lowest BCUT2D eigenvalue weighted by atomic mass is 9.68. The second kappa shape index (κ2) is 8.84. The van der Waals surface area contributed by atoms with Crippen LogP contribution in [0.25, 0.3) is 0 Å². The number of hydrogen-bond acceptors (Lipinski definition) is 5. The van der Waals surface area contributed by atoms with Crippen molar-refractivity contribution in [3.8, 4) is 0 Å². The Labute approximate surface area is 174 Å². The van der Waals surface area contributed by atoms with Crippen LogP contribution >= 0.6 is 0 Å². The Bertz CT molecular complexity index is 709. The van der Waals surface area contributed by atoms with Gasteiger partial charge in [-0.1, -0.05) is 49.6 Å². The molecular weight excluding hydrogens is 370 g/mol. The van der Waals surface area contributed by atoms with Crippen molar-refractivity contribution in [2.24, 2.45) is 5.41 Å². The first-order valence-electron chi connectivity index (χ1n) is 10.3. The molecule has 2 rings (SSSR count). The molecule has 0 radical (unpaired) electrons. The Morgan fingerprint density at radius 1 is 1.00 bits per heavy atom. The van der Waals surface area contributed by atoms with Crippen molar-refractivity contribution in [1.82, 2.24) is 5.06 Å². The van der Waals surface area contributed by atoms with E-state index in [0.717, 1.165) is 37.7 Å². The van der Waals surface area contributed by atoms with E-state index in [1.54, 1.807) is 32.8 Å². The lowest BCUT2D eigenvalue weighted by molar-refractivity contribution is -0.320. The van der Waals surface area contributed by atoms with Gasteiger partial charge in [0.15, 0.2) is 5.60 Å². The number of methoxy groups -OCH3 is 1. The first-order valence-corrected chi connectivity index (χ1v) is 10.3. The highest BCUT2D eigenvalue weighted by Gasteiger charge is 2.56. The predicted molar refractivity (Wildman–Crippen MR) is 111 cm³/mol. The summed E-state index contributed by atoms with van der Waals surface area (Å²) in [6, 6.07) is 9.55. The van der Waals surface area contributed by atoms with Gasteiger partial charge in [0.1, 0.15) is 0 Å². The first-order chi connectivity index (χ1) is 13.5. The highest BCUT2D eigenvalue weighted by molar-refractivity contribution is 5.78. The molecule has 1 fully saturated rings. The maximum Gasteiger partial charge on any atom is 0.339 e. The first kappa shape index (κ1) is 23.4. The van der Waals surface area contributed by atoms with Gasteiger partial charge >= 0.3 is 11.9 Å². The van der Waals surface area contributed by atoms with Gasteiger partial charge in [0, 0.05) is 6.04 Å². The molecule has 1 aliphatic carbocycles. The van der Waals surface area contributed by atoms with E-state index in [1.807, 2.05) is 37.3 Å². The quantitative estimate of drug-likeness (QED) is 0.506. The predicted octanol–water partition coefficient (Wildman–Crippen LogP) is 4.53. The van der Waals surface area contributed by atoms with Crippen LogP contribution in [-0.4, -0.2) is 40.9 Å². The van der Waals surface area contributed by atoms with Crippen LogP contribution in [0.1, 0.15) is 72.3 Å². The number of ether oxygens (including phenoxy) is 1. The molecule has 1 aromatic carbocycles. The molecule has 0 spiro atoms. The molecule has 6 nitrogen and oxygen atoms in total. The summed E-state index contributed by atoms with van der Waals surface area (Å²) in [5, 5.41) is 12.0. The van der Waals surface area contributed by atoms with Crippen molar-refractivity contribution >= 4 is 11.9 Å². The molecule has 29 heavy (non-hydrogen) atoms. The molecule has 0 bridgehead atoms. The lowest BCUT2D eigenvalue weighted by Crippen LogP contribution is -2.62. The number of hydrogen-bond donors (Lipinski definition) is 1. The minimum absolute atomic E-state index is 0.00323. The highest BCUT2D eigenvalue weighted by Crippen LogP contribution is 2.48. The van der Waals surface area contributed by atoms with Crippen molar-refractivity contribution in [2.75, 3.05) is 7.11 Å². The number of aliphatic carboxylic acids is 1. The van der Waals surface area contributed by atoms with Crippen molar-refractivity contribution in [3.05, 3.63) is 35.9 Å². The Hall–Kier alpha value is -1.92. The van der Waals surface area contributed by atoms with Crippen LogP contribution < -0.4 is 0 Å². The van der Waals surface area contributed by atoms with Crippen molar-refractivity contribution in [3.63, 3.8) is 0 Å². The van der Waals surface area contributed by atoms with E-state index in [9.17, 15) is 14.7 Å². The Balaban J connectivity index is 2.66. The van der Waals surface area contributed by atoms with Gasteiger partial charge in [0.25, 0.3) is 0 Å². The van der Waals surface area contributed by atoms with E-state index in [-0.39, 0.29) is 6.04 Å². The summed E-state index contributed by atoms with van der Waals surface area (Å²) in [5.74, 6) is -1.43. The van der Waals surface area contributed by atoms with Gasteiger partial charge in [0.2, 0.25) is 0 Å². The van der Waals surface area contributed by atoms with E-state index in [4.69, 9.17) is 9.57 Å². The molecule has 6 heteroatoms. The van der Waals surface area contributed by atoms with Crippen LogP contribution in [0.15, 0.2) is 30.3 Å². The molecule has 1 unspecified atom stereocenters. The van der Waals surface area contributed by atoms with Crippen molar-refractivity contribution in [2.45, 2.75) is 83.9 Å². The highest BCUT2D eigenvalue weighted by atomic mass is 16.7. The van der Waals surface area contributed by atoms with Crippen molar-refractivity contribution < 1.29 is 24.3 Å². The van der Waals surface area contributed by atoms with Crippen LogP contribution in [-0.2, 0) is 24.7 Å². The number of carbonyl (C=O) groups is 2. The Morgan fingerprint density at radius 2 is 1.55 bits per heavy atom. The second-order valence-corrected chi connectivity index (χ2v) is 9.08. The van der Waals surface area contributed by atoms with E-state index in [1.165, 1.54) is 7.11 Å². The third kappa shape index (κ3) is 4.48. The zero-order valence-corrected chi connectivity index (χ0v) is 18.5. The average Bonchev–Trinajstić information content (AvgIpc) is 2.71. The molecule has 1 atom stereocenters. The SMILES string of the molecule is COC(=O)C(C)(C)ON(C1CCCCC1)C(C)(c1ccccc1)C(C)(C)C(=O)O. The standard InChI is InChI=1S/C23H35NO5/c1-21(2,19(25)26)23(5,17-13-9-7-10-14-17)24(18-15-11-8-12-16-18)29-22(3,4)20(27)28-6/h7,9-10,13-14,18H,8,11-12,15-16H2,1-6H3,(H,25,26). The van der Waals surface area contributed by atoms with Crippen LogP contribution in [0.2, 0.25) is 0 Å². The fourth-order valence-corrected chi connectivity index (χ4v) is 4.11. The fraction of sp³-hybridized carbons (Fsp3) is 0.652. The molecule has 1 aromatic rings. The summed E-state index contributed by atoms with van der Waals surface area (Å²) in [6.07, 6.45) is 5.00. The zero-order valence-electron chi connectivity index (χ0n) is 18.5. The topological polar surface area (TPSA) is 76.1 Å². The average molecular weight is 406 g/mol. The maximum absolute atomic E-state index is 12.4. The molecule has 0 heterocycles. The molecule has 1 N–H and O–H groups in total. The molecule has 0 aromatic heterocycles. The Morgan fingerprint density at radius 3 is 2.03 bits per heavy atom. The molecular formula is C23H35NO5. The number of esters is 1. The van der Waals surface area contributed by atoms with Gasteiger partial charge in [-0.15, -0.1) is 0 Å². The third-order valence-electron chi connectivity index (χ3n) is 6.44. The number of carboxylic acid groups (broad SMARTS) is 1. The van der Waals surface area contributed by atoms with Gasteiger partial charge in [0.05, 0.1) is 18.1 Å². The number of carbonyl (C=O) groups excluding carboxylic acids is 1. The second-order valence-electron chi connectivity index (χ2n) is 9.08. The summed E-state index contributed by atoms with van der Waals surface area (Å²) in [6.45, 7) is 8.65. The number of rotatable bonds is 8. The largest absolute Gasteiger partial charge is 0.481 e. The molecule has 1 saturated carbocycles. The number of hydroxylamine groups is 2. The summed E-state index contributed by atoms with van der Waals surface area (Å²) < 4.78 is 4.95. The van der Waals surface area contributed by atoms with Gasteiger partial charge in [-0.25, -0.2) is 4.79 Å². The normalized spacial score (nSPS) is 18.3. The molecule has 0 amide bonds. The summed E-state index contributed by atoms with van der Waals surface area (Å²) in [7, 11) is 1.33. The van der Waals surface area contributed by atoms with E-state index >= 15 is 0 Å². The van der Waals surface area contributed by atoms with E-state index < -0.39 is 28.5 Å². The van der Waals surface area contributed by atoms with Crippen LogP contribution in [0.5, 0.6) is 0 Å². The van der Waals surface area contributed by atoms with Gasteiger partial charge in [-0.05, 0) is 53.0 Å². The maximum atomic E-state index is 12.4. The fourth-order valence-electron chi connectivity index (χ4n) is 4.11. The molecule has 0 saturated heterocycles. The number of benzene rings is 1. The summed E-state index contributed by atoms with van der Waals surface area (Å²) in [5.41, 5.74) is -2.64. The summed E-state index contributed by atoms with van der Waals surface area (Å²) in [4.78, 5) is 31.2. The number of carboxylic acids is 1. The van der Waals surface area contributed by atoms with E-state index in [0.29, 0.717) is 0 Å². The van der Waals surface area contributed by atoms with Crippen LogP contribution in [0.3, 0.4) is 0 Å². The minimum atomic E-state index is -1.25. The smallest absolute Gasteiger partial charge is 0.339 e. The minimum Gasteiger partial charge on any atom is -0.481 e. The van der Waals surface area contributed by atoms with Crippen molar-refractivity contribution in [1.29, 1.82) is 0 Å². The van der Waals surface area contributed by atoms with Gasteiger partial charge < -0.3 is 9.84 Å². The van der Waals surface area contributed by atoms with E-state index in [2.05, 4.69) is 0 Å². The molecule has 1 aliphatic rings. The monoisotopic (exact) mass is 405 g/mol. The van der Waals surface area contributed by atoms with Gasteiger partial charge in [-0.2, -0.15) is 5.06 Å². The van der Waals surface area contributed by atoms with Crippen LogP contribution in [0.4, 0.5) is 0 Å². The summed E-state index contributed by atoms with van der Waals surface area (Å²) >= 11 is 0. The van der Waals surface area contributed by atoms with Gasteiger partial charge in [-0.3, -0.25) is 9.63 Å². The molecule has 162 valence electrons. The third-order valence-corrected chi connectivity index (χ3v) is 6.44. The Kier molecular flexibility index (Phi) is 7.12. The zero-order chi connectivity index (χ0) is 21.9.